The Morgan fingerprint density at radius 3 is 2.31 bits per heavy atom. The zero-order chi connectivity index (χ0) is 9.90. The molecule has 0 bridgehead atoms. The first-order chi connectivity index (χ1) is 6.00. The summed E-state index contributed by atoms with van der Waals surface area (Å²) in [6, 6.07) is 9.88. The van der Waals surface area contributed by atoms with E-state index in [9.17, 15) is 5.11 Å². The number of hydrogen-bond acceptors (Lipinski definition) is 2. The Kier molecular flexibility index (Phi) is 3.07. The molecule has 1 aromatic rings. The van der Waals surface area contributed by atoms with E-state index in [0.717, 1.165) is 5.56 Å². The topological polar surface area (TPSA) is 46.2 Å². The molecule has 0 spiro atoms. The van der Waals surface area contributed by atoms with Crippen molar-refractivity contribution < 1.29 is 5.11 Å². The van der Waals surface area contributed by atoms with Crippen molar-refractivity contribution in [1.29, 1.82) is 0 Å². The smallest absolute Gasteiger partial charge is 0.0754 e. The zero-order valence-electron chi connectivity index (χ0n) is 8.20. The molecule has 1 aromatic carbocycles. The van der Waals surface area contributed by atoms with Crippen molar-refractivity contribution in [1.82, 2.24) is 0 Å². The van der Waals surface area contributed by atoms with Gasteiger partial charge in [-0.3, -0.25) is 0 Å². The van der Waals surface area contributed by atoms with E-state index in [0.29, 0.717) is 6.42 Å². The maximum atomic E-state index is 9.71. The first-order valence-electron chi connectivity index (χ1n) is 4.51. The van der Waals surface area contributed by atoms with Crippen molar-refractivity contribution in [3.63, 3.8) is 0 Å². The molecule has 13 heavy (non-hydrogen) atoms. The Morgan fingerprint density at radius 2 is 1.85 bits per heavy atom. The Hall–Kier alpha value is -0.860. The number of aliphatic hydroxyl groups excluding tert-OH is 1. The molecule has 0 aromatic heterocycles. The highest BCUT2D eigenvalue weighted by molar-refractivity contribution is 5.16. The standard InChI is InChI=1S/C11H17NO/c1-11(2,12)10(13)8-9-6-4-3-5-7-9/h3-7,10,13H,8,12H2,1-2H3. The highest BCUT2D eigenvalue weighted by atomic mass is 16.3. The number of nitrogens with two attached hydrogens (primary N) is 1. The number of aliphatic hydroxyl groups is 1. The van der Waals surface area contributed by atoms with Crippen LogP contribution in [0.5, 0.6) is 0 Å². The molecular weight excluding hydrogens is 162 g/mol. The summed E-state index contributed by atoms with van der Waals surface area (Å²) in [5.41, 5.74) is 6.36. The van der Waals surface area contributed by atoms with Gasteiger partial charge in [-0.1, -0.05) is 30.3 Å². The number of benzene rings is 1. The summed E-state index contributed by atoms with van der Waals surface area (Å²) in [4.78, 5) is 0. The number of rotatable bonds is 3. The van der Waals surface area contributed by atoms with E-state index in [4.69, 9.17) is 5.73 Å². The second-order valence-electron chi connectivity index (χ2n) is 4.03. The lowest BCUT2D eigenvalue weighted by molar-refractivity contribution is 0.104. The van der Waals surface area contributed by atoms with Crippen LogP contribution in [0.25, 0.3) is 0 Å². The van der Waals surface area contributed by atoms with Crippen LogP contribution < -0.4 is 5.73 Å². The van der Waals surface area contributed by atoms with Gasteiger partial charge in [-0.2, -0.15) is 0 Å². The van der Waals surface area contributed by atoms with Crippen molar-refractivity contribution in [2.75, 3.05) is 0 Å². The van der Waals surface area contributed by atoms with E-state index < -0.39 is 11.6 Å². The molecule has 0 heterocycles. The second-order valence-corrected chi connectivity index (χ2v) is 4.03. The molecule has 0 fully saturated rings. The molecule has 0 radical (unpaired) electrons. The highest BCUT2D eigenvalue weighted by Crippen LogP contribution is 2.11. The van der Waals surface area contributed by atoms with Gasteiger partial charge in [0.05, 0.1) is 6.10 Å². The molecule has 0 aliphatic rings. The van der Waals surface area contributed by atoms with Crippen LogP contribution in [-0.2, 0) is 6.42 Å². The SMILES string of the molecule is CC(C)(N)C(O)Cc1ccccc1. The van der Waals surface area contributed by atoms with Crippen molar-refractivity contribution in [3.05, 3.63) is 35.9 Å². The van der Waals surface area contributed by atoms with Crippen LogP contribution in [0.15, 0.2) is 30.3 Å². The average molecular weight is 179 g/mol. The minimum atomic E-state index is -0.532. The maximum absolute atomic E-state index is 9.71. The Bertz CT molecular complexity index is 251. The van der Waals surface area contributed by atoms with Gasteiger partial charge in [-0.15, -0.1) is 0 Å². The fourth-order valence-electron chi connectivity index (χ4n) is 1.10. The molecule has 0 saturated heterocycles. The zero-order valence-corrected chi connectivity index (χ0v) is 8.20. The van der Waals surface area contributed by atoms with Crippen molar-refractivity contribution in [3.8, 4) is 0 Å². The lowest BCUT2D eigenvalue weighted by Gasteiger charge is -2.25. The van der Waals surface area contributed by atoms with E-state index in [1.807, 2.05) is 44.2 Å². The van der Waals surface area contributed by atoms with Crippen LogP contribution >= 0.6 is 0 Å². The van der Waals surface area contributed by atoms with Gasteiger partial charge in [0.2, 0.25) is 0 Å². The molecule has 0 aliphatic heterocycles. The van der Waals surface area contributed by atoms with Gasteiger partial charge < -0.3 is 10.8 Å². The van der Waals surface area contributed by atoms with Crippen molar-refractivity contribution >= 4 is 0 Å². The summed E-state index contributed by atoms with van der Waals surface area (Å²) < 4.78 is 0. The van der Waals surface area contributed by atoms with E-state index in [1.165, 1.54) is 0 Å². The lowest BCUT2D eigenvalue weighted by Crippen LogP contribution is -2.46. The summed E-state index contributed by atoms with van der Waals surface area (Å²) in [5.74, 6) is 0. The Balaban J connectivity index is 2.61. The average Bonchev–Trinajstić information content (AvgIpc) is 2.04. The monoisotopic (exact) mass is 179 g/mol. The lowest BCUT2D eigenvalue weighted by atomic mass is 9.93. The minimum Gasteiger partial charge on any atom is -0.391 e. The minimum absolute atomic E-state index is 0.491. The second kappa shape index (κ2) is 3.90. The molecule has 0 amide bonds. The van der Waals surface area contributed by atoms with Crippen LogP contribution in [-0.4, -0.2) is 16.7 Å². The molecule has 3 N–H and O–H groups in total. The first kappa shape index (κ1) is 10.2. The van der Waals surface area contributed by atoms with Crippen LogP contribution in [0, 0.1) is 0 Å². The largest absolute Gasteiger partial charge is 0.391 e. The fraction of sp³-hybridized carbons (Fsp3) is 0.455. The molecule has 1 atom stereocenters. The van der Waals surface area contributed by atoms with E-state index in [-0.39, 0.29) is 0 Å². The predicted octanol–water partition coefficient (Wildman–Crippen LogP) is 1.33. The molecule has 0 saturated carbocycles. The van der Waals surface area contributed by atoms with Crippen molar-refractivity contribution in [2.24, 2.45) is 5.73 Å². The van der Waals surface area contributed by atoms with Gasteiger partial charge in [-0.05, 0) is 19.4 Å². The molecule has 1 rings (SSSR count). The molecule has 1 unspecified atom stereocenters. The van der Waals surface area contributed by atoms with Crippen LogP contribution in [0.4, 0.5) is 0 Å². The third kappa shape index (κ3) is 3.17. The molecule has 2 heteroatoms. The summed E-state index contributed by atoms with van der Waals surface area (Å²) in [7, 11) is 0. The van der Waals surface area contributed by atoms with Crippen LogP contribution in [0.3, 0.4) is 0 Å². The van der Waals surface area contributed by atoms with Gasteiger partial charge in [0.1, 0.15) is 0 Å². The highest BCUT2D eigenvalue weighted by Gasteiger charge is 2.22. The summed E-state index contributed by atoms with van der Waals surface area (Å²) in [5, 5.41) is 9.71. The normalized spacial score (nSPS) is 14.2. The third-order valence-corrected chi connectivity index (χ3v) is 2.13. The fourth-order valence-corrected chi connectivity index (χ4v) is 1.10. The van der Waals surface area contributed by atoms with Gasteiger partial charge in [0.15, 0.2) is 0 Å². The maximum Gasteiger partial charge on any atom is 0.0754 e. The first-order valence-corrected chi connectivity index (χ1v) is 4.51. The third-order valence-electron chi connectivity index (χ3n) is 2.13. The van der Waals surface area contributed by atoms with Gasteiger partial charge in [0, 0.05) is 12.0 Å². The summed E-state index contributed by atoms with van der Waals surface area (Å²) in [6.07, 6.45) is 0.125. The Morgan fingerprint density at radius 1 is 1.31 bits per heavy atom. The van der Waals surface area contributed by atoms with E-state index in [2.05, 4.69) is 0 Å². The van der Waals surface area contributed by atoms with Gasteiger partial charge in [0.25, 0.3) is 0 Å². The summed E-state index contributed by atoms with van der Waals surface area (Å²) >= 11 is 0. The molecular formula is C11H17NO. The van der Waals surface area contributed by atoms with Crippen LogP contribution in [0.2, 0.25) is 0 Å². The van der Waals surface area contributed by atoms with Gasteiger partial charge >= 0.3 is 0 Å². The van der Waals surface area contributed by atoms with Crippen LogP contribution in [0.1, 0.15) is 19.4 Å². The molecule has 2 nitrogen and oxygen atoms in total. The molecule has 0 aliphatic carbocycles. The molecule has 72 valence electrons. The van der Waals surface area contributed by atoms with E-state index >= 15 is 0 Å². The quantitative estimate of drug-likeness (QED) is 0.735. The Labute approximate surface area is 79.4 Å². The summed E-state index contributed by atoms with van der Waals surface area (Å²) in [6.45, 7) is 3.67. The van der Waals surface area contributed by atoms with Gasteiger partial charge in [-0.25, -0.2) is 0 Å². The van der Waals surface area contributed by atoms with Crippen molar-refractivity contribution in [2.45, 2.75) is 31.9 Å². The number of hydrogen-bond donors (Lipinski definition) is 2. The predicted molar refractivity (Wildman–Crippen MR) is 54.4 cm³/mol. The van der Waals surface area contributed by atoms with E-state index in [1.54, 1.807) is 0 Å².